The molecule has 0 saturated carbocycles. The minimum absolute atomic E-state index is 0.132. The van der Waals surface area contributed by atoms with Crippen LogP contribution in [-0.2, 0) is 4.79 Å². The molecule has 80 valence electrons. The summed E-state index contributed by atoms with van der Waals surface area (Å²) in [6, 6.07) is -1.00. The van der Waals surface area contributed by atoms with Crippen molar-refractivity contribution in [2.75, 3.05) is 6.54 Å². The number of halogens is 2. The van der Waals surface area contributed by atoms with Gasteiger partial charge in [0.25, 0.3) is 5.92 Å². The first-order valence-electron chi connectivity index (χ1n) is 4.38. The summed E-state index contributed by atoms with van der Waals surface area (Å²) in [5, 5.41) is 17.9. The SMILES string of the molecule is CB(O)N1CC(F)(F)CCC1C(=O)O. The molecule has 0 aliphatic carbocycles. The molecule has 0 aromatic heterocycles. The molecule has 1 aliphatic heterocycles. The van der Waals surface area contributed by atoms with Crippen LogP contribution in [0.4, 0.5) is 8.78 Å². The molecule has 0 amide bonds. The van der Waals surface area contributed by atoms with Gasteiger partial charge in [-0.25, -0.2) is 8.78 Å². The second-order valence-corrected chi connectivity index (χ2v) is 3.55. The molecule has 1 fully saturated rings. The van der Waals surface area contributed by atoms with E-state index in [9.17, 15) is 13.6 Å². The van der Waals surface area contributed by atoms with Gasteiger partial charge in [-0.1, -0.05) is 0 Å². The summed E-state index contributed by atoms with van der Waals surface area (Å²) in [4.78, 5) is 11.6. The third-order valence-electron chi connectivity index (χ3n) is 2.36. The fourth-order valence-electron chi connectivity index (χ4n) is 1.63. The number of carboxylic acids is 1. The van der Waals surface area contributed by atoms with Crippen molar-refractivity contribution in [3.63, 3.8) is 0 Å². The molecule has 7 heteroatoms. The van der Waals surface area contributed by atoms with E-state index in [-0.39, 0.29) is 6.42 Å². The minimum atomic E-state index is -2.90. The standard InChI is InChI=1S/C7H12BF2NO3/c1-8(14)11-4-7(9,10)3-2-5(11)6(12)13/h5,14H,2-4H2,1H3,(H,12,13). The predicted octanol–water partition coefficient (Wildman–Crippen LogP) is 0.281. The maximum Gasteiger partial charge on any atom is 0.377 e. The lowest BCUT2D eigenvalue weighted by Crippen LogP contribution is -2.57. The Kier molecular flexibility index (Phi) is 3.11. The number of carbonyl (C=O) groups is 1. The number of hydrogen-bond donors (Lipinski definition) is 2. The molecule has 0 aromatic carbocycles. The molecule has 14 heavy (non-hydrogen) atoms. The van der Waals surface area contributed by atoms with Crippen molar-refractivity contribution in [2.24, 2.45) is 0 Å². The molecule has 1 saturated heterocycles. The summed E-state index contributed by atoms with van der Waals surface area (Å²) in [5.74, 6) is -4.07. The highest BCUT2D eigenvalue weighted by atomic mass is 19.3. The smallest absolute Gasteiger partial charge is 0.377 e. The number of rotatable bonds is 2. The lowest BCUT2D eigenvalue weighted by molar-refractivity contribution is -0.147. The normalized spacial score (nSPS) is 27.3. The van der Waals surface area contributed by atoms with Crippen LogP contribution >= 0.6 is 0 Å². The Labute approximate surface area is 80.6 Å². The second kappa shape index (κ2) is 3.82. The van der Waals surface area contributed by atoms with Crippen molar-refractivity contribution in [3.8, 4) is 0 Å². The fourth-order valence-corrected chi connectivity index (χ4v) is 1.63. The molecular formula is C7H12BF2NO3. The first kappa shape index (κ1) is 11.4. The summed E-state index contributed by atoms with van der Waals surface area (Å²) in [6.07, 6.45) is -0.569. The van der Waals surface area contributed by atoms with Gasteiger partial charge in [0.1, 0.15) is 6.04 Å². The van der Waals surface area contributed by atoms with Crippen LogP contribution in [0.25, 0.3) is 0 Å². The van der Waals surface area contributed by atoms with Crippen LogP contribution in [-0.4, -0.2) is 46.5 Å². The molecule has 1 rings (SSSR count). The second-order valence-electron chi connectivity index (χ2n) is 3.55. The van der Waals surface area contributed by atoms with Gasteiger partial charge in [-0.2, -0.15) is 0 Å². The summed E-state index contributed by atoms with van der Waals surface area (Å²) < 4.78 is 25.8. The zero-order chi connectivity index (χ0) is 10.9. The van der Waals surface area contributed by atoms with E-state index in [2.05, 4.69) is 0 Å². The number of hydrogen-bond acceptors (Lipinski definition) is 3. The Hall–Kier alpha value is -0.685. The lowest BCUT2D eigenvalue weighted by Gasteiger charge is -2.37. The van der Waals surface area contributed by atoms with Gasteiger partial charge in [-0.15, -0.1) is 0 Å². The van der Waals surface area contributed by atoms with Crippen LogP contribution in [0.15, 0.2) is 0 Å². The van der Waals surface area contributed by atoms with Crippen LogP contribution in [0, 0.1) is 0 Å². The first-order chi connectivity index (χ1) is 6.33. The Balaban J connectivity index is 2.76. The zero-order valence-electron chi connectivity index (χ0n) is 7.78. The van der Waals surface area contributed by atoms with E-state index in [0.29, 0.717) is 0 Å². The van der Waals surface area contributed by atoms with Gasteiger partial charge >= 0.3 is 13.0 Å². The van der Waals surface area contributed by atoms with Crippen LogP contribution in [0.2, 0.25) is 6.82 Å². The summed E-state index contributed by atoms with van der Waals surface area (Å²) in [6.45, 7) is 0.596. The van der Waals surface area contributed by atoms with Gasteiger partial charge in [0.15, 0.2) is 0 Å². The number of carboxylic acid groups (broad SMARTS) is 1. The van der Waals surface area contributed by atoms with E-state index in [1.807, 2.05) is 0 Å². The van der Waals surface area contributed by atoms with Crippen LogP contribution in [0.3, 0.4) is 0 Å². The van der Waals surface area contributed by atoms with Gasteiger partial charge in [0, 0.05) is 6.42 Å². The highest BCUT2D eigenvalue weighted by molar-refractivity contribution is 6.45. The van der Waals surface area contributed by atoms with Gasteiger partial charge in [0.05, 0.1) is 6.54 Å². The van der Waals surface area contributed by atoms with Crippen LogP contribution in [0.1, 0.15) is 12.8 Å². The molecule has 0 aromatic rings. The predicted molar refractivity (Wildman–Crippen MR) is 46.1 cm³/mol. The number of piperidine rings is 1. The van der Waals surface area contributed by atoms with Crippen molar-refractivity contribution < 1.29 is 23.7 Å². The van der Waals surface area contributed by atoms with E-state index < -0.39 is 37.9 Å². The number of alkyl halides is 2. The average molecular weight is 207 g/mol. The molecular weight excluding hydrogens is 195 g/mol. The Bertz CT molecular complexity index is 237. The third-order valence-corrected chi connectivity index (χ3v) is 2.36. The van der Waals surface area contributed by atoms with Gasteiger partial charge < -0.3 is 10.1 Å². The zero-order valence-corrected chi connectivity index (χ0v) is 7.78. The topological polar surface area (TPSA) is 60.8 Å². The first-order valence-corrected chi connectivity index (χ1v) is 4.38. The minimum Gasteiger partial charge on any atom is -0.480 e. The van der Waals surface area contributed by atoms with E-state index in [1.165, 1.54) is 6.82 Å². The molecule has 0 radical (unpaired) electrons. The summed E-state index contributed by atoms with van der Waals surface area (Å²) in [5.41, 5.74) is 0. The average Bonchev–Trinajstić information content (AvgIpc) is 2.01. The largest absolute Gasteiger partial charge is 0.480 e. The maximum atomic E-state index is 12.9. The highest BCUT2D eigenvalue weighted by Gasteiger charge is 2.44. The third kappa shape index (κ3) is 2.42. The molecule has 2 N–H and O–H groups in total. The molecule has 0 bridgehead atoms. The molecule has 1 aliphatic rings. The Morgan fingerprint density at radius 2 is 2.21 bits per heavy atom. The quantitative estimate of drug-likeness (QED) is 0.638. The molecule has 1 atom stereocenters. The van der Waals surface area contributed by atoms with Crippen LogP contribution in [0.5, 0.6) is 0 Å². The molecule has 0 spiro atoms. The lowest BCUT2D eigenvalue weighted by atomic mass is 9.79. The number of aliphatic carboxylic acids is 1. The fraction of sp³-hybridized carbons (Fsp3) is 0.857. The molecule has 4 nitrogen and oxygen atoms in total. The highest BCUT2D eigenvalue weighted by Crippen LogP contribution is 2.30. The van der Waals surface area contributed by atoms with E-state index in [0.717, 1.165) is 4.81 Å². The van der Waals surface area contributed by atoms with Crippen molar-refractivity contribution in [1.29, 1.82) is 0 Å². The van der Waals surface area contributed by atoms with Crippen molar-refractivity contribution in [3.05, 3.63) is 0 Å². The Morgan fingerprint density at radius 1 is 1.64 bits per heavy atom. The van der Waals surface area contributed by atoms with E-state index in [1.54, 1.807) is 0 Å². The summed E-state index contributed by atoms with van der Waals surface area (Å²) in [7, 11) is -1.16. The molecule has 1 heterocycles. The summed E-state index contributed by atoms with van der Waals surface area (Å²) >= 11 is 0. The van der Waals surface area contributed by atoms with Gasteiger partial charge in [-0.3, -0.25) is 9.61 Å². The maximum absolute atomic E-state index is 12.9. The van der Waals surface area contributed by atoms with Crippen molar-refractivity contribution >= 4 is 13.0 Å². The van der Waals surface area contributed by atoms with E-state index in [4.69, 9.17) is 10.1 Å². The van der Waals surface area contributed by atoms with Crippen LogP contribution < -0.4 is 0 Å². The monoisotopic (exact) mass is 207 g/mol. The molecule has 1 unspecified atom stereocenters. The van der Waals surface area contributed by atoms with E-state index >= 15 is 0 Å². The Morgan fingerprint density at radius 3 is 2.64 bits per heavy atom. The number of nitrogens with zero attached hydrogens (tertiary/aromatic N) is 1. The van der Waals surface area contributed by atoms with Crippen molar-refractivity contribution in [2.45, 2.75) is 31.6 Å². The van der Waals surface area contributed by atoms with Gasteiger partial charge in [0.2, 0.25) is 0 Å². The van der Waals surface area contributed by atoms with Gasteiger partial charge in [-0.05, 0) is 13.2 Å². The van der Waals surface area contributed by atoms with Crippen molar-refractivity contribution in [1.82, 2.24) is 4.81 Å².